The van der Waals surface area contributed by atoms with Crippen LogP contribution >= 0.6 is 11.6 Å². The zero-order valence-electron chi connectivity index (χ0n) is 12.5. The van der Waals surface area contributed by atoms with E-state index in [0.717, 1.165) is 0 Å². The second kappa shape index (κ2) is 9.09. The van der Waals surface area contributed by atoms with Gasteiger partial charge in [-0.1, -0.05) is 17.7 Å². The van der Waals surface area contributed by atoms with E-state index in [-0.39, 0.29) is 12.5 Å². The molecule has 0 saturated carbocycles. The van der Waals surface area contributed by atoms with Gasteiger partial charge >= 0.3 is 0 Å². The fraction of sp³-hybridized carbons (Fsp3) is 0.250. The number of anilines is 2. The number of rotatable bonds is 8. The number of aliphatic hydroxyl groups excluding tert-OH is 1. The third-order valence-electron chi connectivity index (χ3n) is 2.90. The molecule has 23 heavy (non-hydrogen) atoms. The van der Waals surface area contributed by atoms with Gasteiger partial charge in [0, 0.05) is 17.1 Å². The molecule has 3 N–H and O–H groups in total. The summed E-state index contributed by atoms with van der Waals surface area (Å²) in [6, 6.07) is 10.3. The molecule has 0 aliphatic rings. The Labute approximate surface area is 139 Å². The van der Waals surface area contributed by atoms with E-state index in [0.29, 0.717) is 41.8 Å². The van der Waals surface area contributed by atoms with Crippen molar-refractivity contribution in [2.45, 2.75) is 0 Å². The summed E-state index contributed by atoms with van der Waals surface area (Å²) in [6.07, 6.45) is 1.57. The molecule has 7 heteroatoms. The Balaban J connectivity index is 1.83. The number of amides is 1. The third kappa shape index (κ3) is 5.86. The van der Waals surface area contributed by atoms with E-state index in [9.17, 15) is 4.79 Å². The number of hydrogen-bond donors (Lipinski definition) is 3. The minimum absolute atomic E-state index is 0.0132. The van der Waals surface area contributed by atoms with Gasteiger partial charge in [-0.2, -0.15) is 0 Å². The van der Waals surface area contributed by atoms with E-state index in [1.165, 1.54) is 0 Å². The molecule has 0 spiro atoms. The molecule has 0 bridgehead atoms. The van der Waals surface area contributed by atoms with Gasteiger partial charge in [-0.3, -0.25) is 4.79 Å². The van der Waals surface area contributed by atoms with Crippen LogP contribution in [0.2, 0.25) is 5.02 Å². The van der Waals surface area contributed by atoms with Gasteiger partial charge in [-0.25, -0.2) is 4.98 Å². The second-order valence-corrected chi connectivity index (χ2v) is 5.10. The van der Waals surface area contributed by atoms with Crippen LogP contribution in [0.5, 0.6) is 0 Å². The molecule has 0 aliphatic carbocycles. The maximum Gasteiger partial charge on any atom is 0.255 e. The van der Waals surface area contributed by atoms with Crippen molar-refractivity contribution in [3.05, 3.63) is 53.2 Å². The molecular weight excluding hydrogens is 318 g/mol. The fourth-order valence-corrected chi connectivity index (χ4v) is 2.01. The maximum absolute atomic E-state index is 12.1. The van der Waals surface area contributed by atoms with Crippen molar-refractivity contribution in [3.8, 4) is 0 Å². The van der Waals surface area contributed by atoms with Crippen LogP contribution in [0.1, 0.15) is 10.4 Å². The number of carbonyl (C=O) groups is 1. The number of carbonyl (C=O) groups excluding carboxylic acids is 1. The van der Waals surface area contributed by atoms with Crippen LogP contribution in [0.4, 0.5) is 11.5 Å². The third-order valence-corrected chi connectivity index (χ3v) is 3.13. The molecule has 0 fully saturated rings. The van der Waals surface area contributed by atoms with E-state index in [1.807, 2.05) is 0 Å². The van der Waals surface area contributed by atoms with E-state index >= 15 is 0 Å². The van der Waals surface area contributed by atoms with Crippen LogP contribution in [-0.4, -0.2) is 42.4 Å². The molecule has 0 saturated heterocycles. The lowest BCUT2D eigenvalue weighted by molar-refractivity contribution is 0.0992. The molecule has 1 heterocycles. The lowest BCUT2D eigenvalue weighted by Crippen LogP contribution is -2.13. The highest BCUT2D eigenvalue weighted by atomic mass is 35.5. The molecule has 2 rings (SSSR count). The largest absolute Gasteiger partial charge is 0.394 e. The molecule has 2 aromatic rings. The zero-order chi connectivity index (χ0) is 16.5. The number of nitrogens with zero attached hydrogens (tertiary/aromatic N) is 1. The summed E-state index contributed by atoms with van der Waals surface area (Å²) in [5.41, 5.74) is 1.08. The average Bonchev–Trinajstić information content (AvgIpc) is 2.56. The van der Waals surface area contributed by atoms with Gasteiger partial charge in [0.25, 0.3) is 5.91 Å². The Kier molecular flexibility index (Phi) is 6.80. The van der Waals surface area contributed by atoms with Crippen LogP contribution in [-0.2, 0) is 4.74 Å². The number of aliphatic hydroxyl groups is 1. The van der Waals surface area contributed by atoms with Gasteiger partial charge in [0.05, 0.1) is 31.7 Å². The first-order valence-corrected chi connectivity index (χ1v) is 7.52. The molecule has 0 atom stereocenters. The summed E-state index contributed by atoms with van der Waals surface area (Å²) in [6.45, 7) is 1.40. The van der Waals surface area contributed by atoms with Gasteiger partial charge in [-0.05, 0) is 30.3 Å². The Morgan fingerprint density at radius 1 is 1.26 bits per heavy atom. The topological polar surface area (TPSA) is 83.5 Å². The van der Waals surface area contributed by atoms with Crippen molar-refractivity contribution >= 4 is 29.0 Å². The zero-order valence-corrected chi connectivity index (χ0v) is 13.2. The second-order valence-electron chi connectivity index (χ2n) is 4.66. The van der Waals surface area contributed by atoms with Crippen LogP contribution < -0.4 is 10.6 Å². The maximum atomic E-state index is 12.1. The molecule has 0 radical (unpaired) electrons. The van der Waals surface area contributed by atoms with Crippen LogP contribution in [0, 0.1) is 0 Å². The highest BCUT2D eigenvalue weighted by Crippen LogP contribution is 2.14. The average molecular weight is 336 g/mol. The van der Waals surface area contributed by atoms with Crippen molar-refractivity contribution in [3.63, 3.8) is 0 Å². The molecule has 1 amide bonds. The summed E-state index contributed by atoms with van der Waals surface area (Å²) < 4.78 is 5.13. The van der Waals surface area contributed by atoms with Crippen molar-refractivity contribution in [1.82, 2.24) is 4.98 Å². The molecule has 122 valence electrons. The normalized spacial score (nSPS) is 10.3. The highest BCUT2D eigenvalue weighted by molar-refractivity contribution is 6.31. The van der Waals surface area contributed by atoms with E-state index in [4.69, 9.17) is 21.4 Å². The van der Waals surface area contributed by atoms with E-state index in [2.05, 4.69) is 15.6 Å². The number of aromatic nitrogens is 1. The first kappa shape index (κ1) is 17.2. The monoisotopic (exact) mass is 335 g/mol. The predicted octanol–water partition coefficient (Wildman–Crippen LogP) is 2.41. The van der Waals surface area contributed by atoms with Gasteiger partial charge in [0.15, 0.2) is 0 Å². The minimum atomic E-state index is -0.243. The lowest BCUT2D eigenvalue weighted by Gasteiger charge is -2.08. The molecule has 6 nitrogen and oxygen atoms in total. The minimum Gasteiger partial charge on any atom is -0.394 e. The standard InChI is InChI=1S/C16H18ClN3O3/c17-13-3-1-2-12(10-13)16(22)20-14-4-5-15(19-11-14)18-6-8-23-9-7-21/h1-5,10-11,21H,6-9H2,(H,18,19)(H,20,22). The Bertz CT molecular complexity index is 635. The molecule has 1 aromatic heterocycles. The lowest BCUT2D eigenvalue weighted by atomic mass is 10.2. The Morgan fingerprint density at radius 2 is 2.13 bits per heavy atom. The number of ether oxygens (including phenoxy) is 1. The number of benzene rings is 1. The summed E-state index contributed by atoms with van der Waals surface area (Å²) in [7, 11) is 0. The molecule has 1 aromatic carbocycles. The first-order chi connectivity index (χ1) is 11.2. The van der Waals surface area contributed by atoms with Gasteiger partial charge in [0.1, 0.15) is 5.82 Å². The smallest absolute Gasteiger partial charge is 0.255 e. The van der Waals surface area contributed by atoms with Crippen molar-refractivity contribution in [1.29, 1.82) is 0 Å². The number of halogens is 1. The van der Waals surface area contributed by atoms with Crippen molar-refractivity contribution in [2.75, 3.05) is 37.0 Å². The SMILES string of the molecule is O=C(Nc1ccc(NCCOCCO)nc1)c1cccc(Cl)c1. The summed E-state index contributed by atoms with van der Waals surface area (Å²) in [5.74, 6) is 0.436. The predicted molar refractivity (Wildman–Crippen MR) is 90.0 cm³/mol. The summed E-state index contributed by atoms with van der Waals surface area (Å²) >= 11 is 5.87. The van der Waals surface area contributed by atoms with Gasteiger partial charge in [0.2, 0.25) is 0 Å². The molecule has 0 unspecified atom stereocenters. The van der Waals surface area contributed by atoms with Gasteiger partial charge < -0.3 is 20.5 Å². The quantitative estimate of drug-likeness (QED) is 0.645. The fourth-order valence-electron chi connectivity index (χ4n) is 1.82. The van der Waals surface area contributed by atoms with Crippen LogP contribution in [0.3, 0.4) is 0 Å². The van der Waals surface area contributed by atoms with E-state index in [1.54, 1.807) is 42.6 Å². The Morgan fingerprint density at radius 3 is 2.83 bits per heavy atom. The first-order valence-electron chi connectivity index (χ1n) is 7.14. The molecular formula is C16H18ClN3O3. The van der Waals surface area contributed by atoms with Crippen molar-refractivity contribution < 1.29 is 14.6 Å². The van der Waals surface area contributed by atoms with Crippen LogP contribution in [0.25, 0.3) is 0 Å². The van der Waals surface area contributed by atoms with E-state index < -0.39 is 0 Å². The number of pyridine rings is 1. The van der Waals surface area contributed by atoms with Gasteiger partial charge in [-0.15, -0.1) is 0 Å². The molecule has 0 aliphatic heterocycles. The Hall–Kier alpha value is -2.15. The summed E-state index contributed by atoms with van der Waals surface area (Å²) in [4.78, 5) is 16.3. The summed E-state index contributed by atoms with van der Waals surface area (Å²) in [5, 5.41) is 14.9. The number of nitrogens with one attached hydrogen (secondary N) is 2. The number of hydrogen-bond acceptors (Lipinski definition) is 5. The van der Waals surface area contributed by atoms with Crippen LogP contribution in [0.15, 0.2) is 42.6 Å². The van der Waals surface area contributed by atoms with Crippen molar-refractivity contribution in [2.24, 2.45) is 0 Å². The highest BCUT2D eigenvalue weighted by Gasteiger charge is 2.06.